The van der Waals surface area contributed by atoms with Crippen LogP contribution < -0.4 is 5.32 Å². The molecule has 3 heteroatoms. The highest BCUT2D eigenvalue weighted by Gasteiger charge is 2.30. The average molecular weight is 344 g/mol. The van der Waals surface area contributed by atoms with Crippen molar-refractivity contribution >= 4 is 21.8 Å². The Bertz CT molecular complexity index is 695. The zero-order valence-electron chi connectivity index (χ0n) is 12.2. The van der Waals surface area contributed by atoms with Crippen molar-refractivity contribution in [2.45, 2.75) is 26.3 Å². The first-order chi connectivity index (χ1) is 10.0. The third-order valence-electron chi connectivity index (χ3n) is 4.12. The number of rotatable bonds is 2. The van der Waals surface area contributed by atoms with Gasteiger partial charge in [-0.05, 0) is 48.6 Å². The molecule has 0 unspecified atom stereocenters. The normalized spacial score (nSPS) is 20.1. The fourth-order valence-electron chi connectivity index (χ4n) is 3.04. The number of fused-ring (bicyclic) bond motifs is 1. The highest BCUT2D eigenvalue weighted by molar-refractivity contribution is 9.10. The van der Waals surface area contributed by atoms with Gasteiger partial charge in [0.15, 0.2) is 0 Å². The molecule has 0 saturated carbocycles. The molecule has 21 heavy (non-hydrogen) atoms. The largest absolute Gasteiger partial charge is 0.345 e. The van der Waals surface area contributed by atoms with E-state index in [-0.39, 0.29) is 11.9 Å². The molecule has 0 fully saturated rings. The molecule has 0 spiro atoms. The van der Waals surface area contributed by atoms with E-state index >= 15 is 0 Å². The first-order valence-corrected chi connectivity index (χ1v) is 8.00. The fraction of sp³-hybridized carbons (Fsp3) is 0.278. The van der Waals surface area contributed by atoms with Crippen molar-refractivity contribution in [1.82, 2.24) is 5.32 Å². The summed E-state index contributed by atoms with van der Waals surface area (Å²) < 4.78 is 0.922. The van der Waals surface area contributed by atoms with Crippen molar-refractivity contribution in [3.05, 3.63) is 69.2 Å². The molecular weight excluding hydrogens is 326 g/mol. The Morgan fingerprint density at radius 1 is 1.24 bits per heavy atom. The quantitative estimate of drug-likeness (QED) is 0.858. The molecule has 0 bridgehead atoms. The Kier molecular flexibility index (Phi) is 3.85. The summed E-state index contributed by atoms with van der Waals surface area (Å²) in [6, 6.07) is 14.1. The molecule has 0 aliphatic heterocycles. The van der Waals surface area contributed by atoms with Crippen molar-refractivity contribution < 1.29 is 4.79 Å². The van der Waals surface area contributed by atoms with Gasteiger partial charge in [-0.1, -0.05) is 52.7 Å². The van der Waals surface area contributed by atoms with Crippen molar-refractivity contribution in [1.29, 1.82) is 0 Å². The molecule has 108 valence electrons. The summed E-state index contributed by atoms with van der Waals surface area (Å²) in [5.74, 6) is 0.417. The number of nitrogens with one attached hydrogen (secondary N) is 1. The first kappa shape index (κ1) is 14.3. The lowest BCUT2D eigenvalue weighted by Gasteiger charge is -2.19. The molecule has 3 rings (SSSR count). The standard InChI is InChI=1S/C18H18BrNO/c1-11-6-7-13-9-12(2)17(16(13)8-11)20-18(21)14-4-3-5-15(19)10-14/h3-8,10,12,17H,9H2,1-2H3,(H,20,21)/t12-,17+/m0/s1. The number of benzene rings is 2. The topological polar surface area (TPSA) is 29.1 Å². The van der Waals surface area contributed by atoms with Gasteiger partial charge < -0.3 is 5.32 Å². The van der Waals surface area contributed by atoms with Crippen molar-refractivity contribution in [2.24, 2.45) is 5.92 Å². The van der Waals surface area contributed by atoms with E-state index in [2.05, 4.69) is 53.3 Å². The summed E-state index contributed by atoms with van der Waals surface area (Å²) in [7, 11) is 0. The summed E-state index contributed by atoms with van der Waals surface area (Å²) in [5, 5.41) is 3.20. The number of hydrogen-bond donors (Lipinski definition) is 1. The maximum absolute atomic E-state index is 12.5. The predicted molar refractivity (Wildman–Crippen MR) is 88.4 cm³/mol. The van der Waals surface area contributed by atoms with Gasteiger partial charge in [0, 0.05) is 10.0 Å². The van der Waals surface area contributed by atoms with Crippen molar-refractivity contribution in [2.75, 3.05) is 0 Å². The second-order valence-corrected chi connectivity index (χ2v) is 6.76. The van der Waals surface area contributed by atoms with Crippen LogP contribution in [0.2, 0.25) is 0 Å². The lowest BCUT2D eigenvalue weighted by Crippen LogP contribution is -2.30. The van der Waals surface area contributed by atoms with Crippen LogP contribution in [0.5, 0.6) is 0 Å². The van der Waals surface area contributed by atoms with Crippen molar-refractivity contribution in [3.8, 4) is 0 Å². The number of carbonyl (C=O) groups is 1. The monoisotopic (exact) mass is 343 g/mol. The summed E-state index contributed by atoms with van der Waals surface area (Å²) in [6.45, 7) is 4.29. The van der Waals surface area contributed by atoms with Crippen LogP contribution in [-0.2, 0) is 6.42 Å². The fourth-order valence-corrected chi connectivity index (χ4v) is 3.43. The lowest BCUT2D eigenvalue weighted by atomic mass is 10.0. The number of carbonyl (C=O) groups excluding carboxylic acids is 1. The maximum atomic E-state index is 12.5. The van der Waals surface area contributed by atoms with Gasteiger partial charge in [0.25, 0.3) is 5.91 Å². The molecule has 2 aromatic rings. The van der Waals surface area contributed by atoms with E-state index in [1.807, 2.05) is 24.3 Å². The van der Waals surface area contributed by atoms with E-state index < -0.39 is 0 Å². The Labute approximate surface area is 133 Å². The molecule has 1 aliphatic rings. The lowest BCUT2D eigenvalue weighted by molar-refractivity contribution is 0.0927. The van der Waals surface area contributed by atoms with E-state index in [1.54, 1.807) is 0 Å². The molecule has 0 saturated heterocycles. The zero-order chi connectivity index (χ0) is 15.0. The van der Waals surface area contributed by atoms with Gasteiger partial charge in [-0.3, -0.25) is 4.79 Å². The predicted octanol–water partition coefficient (Wildman–Crippen LogP) is 4.42. The maximum Gasteiger partial charge on any atom is 0.251 e. The summed E-state index contributed by atoms with van der Waals surface area (Å²) >= 11 is 3.41. The van der Waals surface area contributed by atoms with E-state index in [9.17, 15) is 4.79 Å². The Morgan fingerprint density at radius 3 is 2.81 bits per heavy atom. The van der Waals surface area contributed by atoms with Crippen LogP contribution in [0.15, 0.2) is 46.9 Å². The van der Waals surface area contributed by atoms with Gasteiger partial charge in [0.2, 0.25) is 0 Å². The minimum atomic E-state index is -0.0116. The number of hydrogen-bond acceptors (Lipinski definition) is 1. The highest BCUT2D eigenvalue weighted by Crippen LogP contribution is 2.36. The molecule has 0 heterocycles. The molecule has 0 radical (unpaired) electrons. The van der Waals surface area contributed by atoms with E-state index in [0.29, 0.717) is 11.5 Å². The molecule has 1 amide bonds. The zero-order valence-corrected chi connectivity index (χ0v) is 13.8. The van der Waals surface area contributed by atoms with Crippen LogP contribution >= 0.6 is 15.9 Å². The van der Waals surface area contributed by atoms with Gasteiger partial charge in [-0.25, -0.2) is 0 Å². The van der Waals surface area contributed by atoms with Gasteiger partial charge in [-0.15, -0.1) is 0 Å². The van der Waals surface area contributed by atoms with Gasteiger partial charge in [0.05, 0.1) is 6.04 Å². The number of amides is 1. The molecule has 2 atom stereocenters. The molecular formula is C18H18BrNO. The molecule has 1 N–H and O–H groups in total. The van der Waals surface area contributed by atoms with Crippen LogP contribution in [-0.4, -0.2) is 5.91 Å². The van der Waals surface area contributed by atoms with E-state index in [0.717, 1.165) is 10.9 Å². The van der Waals surface area contributed by atoms with Crippen LogP contribution in [0.1, 0.15) is 40.0 Å². The Balaban J connectivity index is 1.85. The van der Waals surface area contributed by atoms with Crippen LogP contribution in [0.3, 0.4) is 0 Å². The molecule has 0 aromatic heterocycles. The Morgan fingerprint density at radius 2 is 2.05 bits per heavy atom. The summed E-state index contributed by atoms with van der Waals surface area (Å²) in [6.07, 6.45) is 1.03. The minimum Gasteiger partial charge on any atom is -0.345 e. The molecule has 2 aromatic carbocycles. The molecule has 2 nitrogen and oxygen atoms in total. The number of aryl methyl sites for hydroxylation is 1. The average Bonchev–Trinajstić information content (AvgIpc) is 2.75. The minimum absolute atomic E-state index is 0.0116. The van der Waals surface area contributed by atoms with E-state index in [1.165, 1.54) is 16.7 Å². The smallest absolute Gasteiger partial charge is 0.251 e. The van der Waals surface area contributed by atoms with Crippen LogP contribution in [0.4, 0.5) is 0 Å². The second kappa shape index (κ2) is 5.64. The third kappa shape index (κ3) is 2.88. The van der Waals surface area contributed by atoms with Crippen LogP contribution in [0.25, 0.3) is 0 Å². The van der Waals surface area contributed by atoms with Crippen molar-refractivity contribution in [3.63, 3.8) is 0 Å². The Hall–Kier alpha value is -1.61. The van der Waals surface area contributed by atoms with Gasteiger partial charge in [0.1, 0.15) is 0 Å². The summed E-state index contributed by atoms with van der Waals surface area (Å²) in [5.41, 5.74) is 4.56. The first-order valence-electron chi connectivity index (χ1n) is 7.20. The third-order valence-corrected chi connectivity index (χ3v) is 4.61. The van der Waals surface area contributed by atoms with Gasteiger partial charge in [-0.2, -0.15) is 0 Å². The van der Waals surface area contributed by atoms with Gasteiger partial charge >= 0.3 is 0 Å². The second-order valence-electron chi connectivity index (χ2n) is 5.85. The van der Waals surface area contributed by atoms with Crippen LogP contribution in [0, 0.1) is 12.8 Å². The SMILES string of the molecule is Cc1ccc2c(c1)[C@H](NC(=O)c1cccc(Br)c1)[C@@H](C)C2. The summed E-state index contributed by atoms with van der Waals surface area (Å²) in [4.78, 5) is 12.5. The van der Waals surface area contributed by atoms with E-state index in [4.69, 9.17) is 0 Å². The highest BCUT2D eigenvalue weighted by atomic mass is 79.9. The molecule has 1 aliphatic carbocycles. The number of halogens is 1.